The molecule has 248 valence electrons. The van der Waals surface area contributed by atoms with Gasteiger partial charge in [0.1, 0.15) is 5.75 Å². The number of amides is 2. The Bertz CT molecular complexity index is 1350. The minimum Gasteiger partial charge on any atom is -0.490 e. The lowest BCUT2D eigenvalue weighted by Crippen LogP contribution is -2.53. The Morgan fingerprint density at radius 1 is 1.00 bits per heavy atom. The van der Waals surface area contributed by atoms with E-state index in [2.05, 4.69) is 82.9 Å². The van der Waals surface area contributed by atoms with Gasteiger partial charge in [0.05, 0.1) is 12.7 Å². The highest BCUT2D eigenvalue weighted by Crippen LogP contribution is 2.37. The second kappa shape index (κ2) is 14.3. The summed E-state index contributed by atoms with van der Waals surface area (Å²) in [6.45, 7) is 20.8. The number of anilines is 1. The number of hydrogen-bond donors (Lipinski definition) is 1. The van der Waals surface area contributed by atoms with Crippen LogP contribution in [0.4, 0.5) is 10.5 Å². The number of carbonyl (C=O) groups excluding carboxylic acids is 1. The summed E-state index contributed by atoms with van der Waals surface area (Å²) in [6.07, 6.45) is 2.62. The minimum atomic E-state index is -1.83. The Balaban J connectivity index is 1.29. The number of hydrogen-bond acceptors (Lipinski definition) is 5. The zero-order valence-electron chi connectivity index (χ0n) is 29.0. The summed E-state index contributed by atoms with van der Waals surface area (Å²) in [5, 5.41) is 9.54. The van der Waals surface area contributed by atoms with Gasteiger partial charge in [-0.3, -0.25) is 9.69 Å². The van der Waals surface area contributed by atoms with Gasteiger partial charge in [-0.25, -0.2) is 4.79 Å². The highest BCUT2D eigenvalue weighted by atomic mass is 28.4. The first-order chi connectivity index (χ1) is 21.1. The van der Waals surface area contributed by atoms with Gasteiger partial charge in [0, 0.05) is 50.9 Å². The lowest BCUT2D eigenvalue weighted by atomic mass is 9.86. The molecule has 0 bridgehead atoms. The summed E-state index contributed by atoms with van der Waals surface area (Å²) in [6, 6.07) is 12.6. The summed E-state index contributed by atoms with van der Waals surface area (Å²) in [7, 11) is 0.0487. The number of carbonyl (C=O) groups is 2. The van der Waals surface area contributed by atoms with Gasteiger partial charge in [-0.1, -0.05) is 39.0 Å². The van der Waals surface area contributed by atoms with Gasteiger partial charge in [0.15, 0.2) is 8.32 Å². The fraction of sp³-hybridized carbons (Fsp3) is 0.611. The van der Waals surface area contributed by atoms with Gasteiger partial charge in [-0.15, -0.1) is 0 Å². The molecule has 2 fully saturated rings. The van der Waals surface area contributed by atoms with E-state index in [0.29, 0.717) is 13.2 Å². The first-order valence-electron chi connectivity index (χ1n) is 16.5. The van der Waals surface area contributed by atoms with Crippen LogP contribution in [-0.4, -0.2) is 74.1 Å². The lowest BCUT2D eigenvalue weighted by Gasteiger charge is -2.38. The minimum absolute atomic E-state index is 0.00716. The van der Waals surface area contributed by atoms with E-state index in [1.54, 1.807) is 0 Å². The topological polar surface area (TPSA) is 82.6 Å². The van der Waals surface area contributed by atoms with E-state index < -0.39 is 14.4 Å². The van der Waals surface area contributed by atoms with Crippen molar-refractivity contribution in [2.75, 3.05) is 31.6 Å². The number of benzene rings is 2. The summed E-state index contributed by atoms with van der Waals surface area (Å²) < 4.78 is 13.0. The Kier molecular flexibility index (Phi) is 11.1. The SMILES string of the molecule is Cc1cc(N(C)C(=O)C2CCC(Oc3cc(CO[Si](C)(C)C(C)(C)C)ccc3C)CC2)ccc1CN1CCN(C(=O)O)[C@@H](C)C1. The van der Waals surface area contributed by atoms with Gasteiger partial charge >= 0.3 is 6.09 Å². The molecule has 0 radical (unpaired) electrons. The number of piperazine rings is 1. The second-order valence-corrected chi connectivity index (χ2v) is 19.6. The van der Waals surface area contributed by atoms with Gasteiger partial charge in [-0.05, 0) is 105 Å². The van der Waals surface area contributed by atoms with E-state index in [-0.39, 0.29) is 29.0 Å². The maximum atomic E-state index is 13.5. The smallest absolute Gasteiger partial charge is 0.407 e. The van der Waals surface area contributed by atoms with Crippen molar-refractivity contribution in [3.63, 3.8) is 0 Å². The predicted molar refractivity (Wildman–Crippen MR) is 184 cm³/mol. The van der Waals surface area contributed by atoms with Crippen molar-refractivity contribution in [3.05, 3.63) is 58.7 Å². The highest BCUT2D eigenvalue weighted by Gasteiger charge is 2.37. The monoisotopic (exact) mass is 637 g/mol. The molecule has 2 aromatic carbocycles. The summed E-state index contributed by atoms with van der Waals surface area (Å²) in [5.74, 6) is 1.08. The van der Waals surface area contributed by atoms with E-state index in [4.69, 9.17) is 9.16 Å². The molecule has 1 heterocycles. The average molecular weight is 638 g/mol. The Labute approximate surface area is 271 Å². The third kappa shape index (κ3) is 8.68. The van der Waals surface area contributed by atoms with Crippen molar-refractivity contribution in [2.45, 2.75) is 111 Å². The van der Waals surface area contributed by atoms with Crippen molar-refractivity contribution < 1.29 is 23.9 Å². The van der Waals surface area contributed by atoms with Gasteiger partial charge in [0.2, 0.25) is 5.91 Å². The molecule has 1 N–H and O–H groups in total. The Morgan fingerprint density at radius 2 is 1.69 bits per heavy atom. The number of aryl methyl sites for hydroxylation is 2. The van der Waals surface area contributed by atoms with Crippen molar-refractivity contribution in [1.29, 1.82) is 0 Å². The van der Waals surface area contributed by atoms with Crippen LogP contribution in [0.3, 0.4) is 0 Å². The molecule has 0 spiro atoms. The molecule has 2 aromatic rings. The summed E-state index contributed by atoms with van der Waals surface area (Å²) >= 11 is 0. The van der Waals surface area contributed by atoms with Crippen LogP contribution in [0.25, 0.3) is 0 Å². The van der Waals surface area contributed by atoms with Crippen LogP contribution in [0.2, 0.25) is 18.1 Å². The molecule has 1 aliphatic heterocycles. The third-order valence-electron chi connectivity index (χ3n) is 10.4. The highest BCUT2D eigenvalue weighted by molar-refractivity contribution is 6.74. The molecule has 0 unspecified atom stereocenters. The predicted octanol–water partition coefficient (Wildman–Crippen LogP) is 7.61. The van der Waals surface area contributed by atoms with Crippen LogP contribution in [0, 0.1) is 19.8 Å². The number of nitrogens with zero attached hydrogens (tertiary/aromatic N) is 3. The number of carboxylic acid groups (broad SMARTS) is 1. The van der Waals surface area contributed by atoms with Crippen molar-refractivity contribution >= 4 is 26.0 Å². The quantitative estimate of drug-likeness (QED) is 0.285. The zero-order valence-corrected chi connectivity index (χ0v) is 30.0. The van der Waals surface area contributed by atoms with Crippen LogP contribution in [0.15, 0.2) is 36.4 Å². The molecule has 1 saturated carbocycles. The second-order valence-electron chi connectivity index (χ2n) is 14.8. The Hall–Kier alpha value is -2.88. The molecule has 2 amide bonds. The van der Waals surface area contributed by atoms with E-state index in [9.17, 15) is 14.7 Å². The lowest BCUT2D eigenvalue weighted by molar-refractivity contribution is -0.123. The molecule has 1 aliphatic carbocycles. The third-order valence-corrected chi connectivity index (χ3v) is 14.8. The molecule has 45 heavy (non-hydrogen) atoms. The first-order valence-corrected chi connectivity index (χ1v) is 19.5. The van der Waals surface area contributed by atoms with Gasteiger partial charge in [0.25, 0.3) is 0 Å². The van der Waals surface area contributed by atoms with Gasteiger partial charge in [-0.2, -0.15) is 0 Å². The maximum Gasteiger partial charge on any atom is 0.407 e. The summed E-state index contributed by atoms with van der Waals surface area (Å²) in [5.41, 5.74) is 5.53. The van der Waals surface area contributed by atoms with Crippen LogP contribution >= 0.6 is 0 Å². The van der Waals surface area contributed by atoms with Crippen molar-refractivity contribution in [3.8, 4) is 5.75 Å². The molecular weight excluding hydrogens is 582 g/mol. The normalized spacial score (nSPS) is 21.4. The van der Waals surface area contributed by atoms with Crippen molar-refractivity contribution in [2.24, 2.45) is 5.92 Å². The molecule has 9 heteroatoms. The van der Waals surface area contributed by atoms with E-state index in [1.807, 2.05) is 24.9 Å². The van der Waals surface area contributed by atoms with E-state index in [0.717, 1.165) is 73.4 Å². The standard InChI is InChI=1S/C36H55N3O5Si/c1-25-10-11-28(24-43-45(8,9)36(4,5)6)21-33(25)44-32-16-13-29(14-17-32)34(40)37(7)31-15-12-30(26(2)20-31)23-38-18-19-39(35(41)42)27(3)22-38/h10-12,15,20-21,27,29,32H,13-14,16-19,22-24H2,1-9H3,(H,41,42)/t27-,29?,32?/m0/s1. The van der Waals surface area contributed by atoms with E-state index >= 15 is 0 Å². The number of rotatable bonds is 9. The molecular formula is C36H55N3O5Si. The first kappa shape index (κ1) is 35.0. The Morgan fingerprint density at radius 3 is 2.29 bits per heavy atom. The fourth-order valence-corrected chi connectivity index (χ4v) is 7.08. The molecule has 4 rings (SSSR count). The van der Waals surface area contributed by atoms with Crippen molar-refractivity contribution in [1.82, 2.24) is 9.80 Å². The van der Waals surface area contributed by atoms with Crippen LogP contribution in [0.5, 0.6) is 5.75 Å². The van der Waals surface area contributed by atoms with Crippen LogP contribution in [-0.2, 0) is 22.4 Å². The summed E-state index contributed by atoms with van der Waals surface area (Å²) in [4.78, 5) is 30.6. The maximum absolute atomic E-state index is 13.5. The molecule has 1 saturated heterocycles. The van der Waals surface area contributed by atoms with Crippen LogP contribution < -0.4 is 9.64 Å². The molecule has 8 nitrogen and oxygen atoms in total. The fourth-order valence-electron chi connectivity index (χ4n) is 6.12. The molecule has 1 atom stereocenters. The van der Waals surface area contributed by atoms with Crippen LogP contribution in [0.1, 0.15) is 75.6 Å². The molecule has 2 aliphatic rings. The largest absolute Gasteiger partial charge is 0.490 e. The molecule has 0 aromatic heterocycles. The number of ether oxygens (including phenoxy) is 1. The average Bonchev–Trinajstić information content (AvgIpc) is 2.97. The van der Waals surface area contributed by atoms with E-state index in [1.165, 1.54) is 10.5 Å². The van der Waals surface area contributed by atoms with Gasteiger partial charge < -0.3 is 24.1 Å². The zero-order chi connectivity index (χ0) is 33.1.